The molecule has 6 aliphatic heterocycles. The molecule has 2 aromatic carbocycles. The average Bonchev–Trinajstić information content (AvgIpc) is 1.66. The van der Waals surface area contributed by atoms with Gasteiger partial charge in [-0.2, -0.15) is 39.5 Å². The van der Waals surface area contributed by atoms with E-state index in [1.54, 1.807) is 86.2 Å². The SMILES string of the molecule is COc1ccc(C(=O)N2CCC3(CC2)c2ccc(C(=O)C4(C)CC4)n2CCN3C)nc1C.C[C@H]1Cn2c(C(=O)C(F)(F)F)ccc2C2(CCN(C(=O)c3ccc(COCCC(F)(F)F)cc3)CC2)N1C.Cc1cc(C(=O)N2CCC3(CC2)c2ccc(C(F)(F)F)n2CCN3C)ccc1S(=O)(=O)NC(C)C. The number of hydrogen-bond donors (Lipinski definition) is 1. The highest BCUT2D eigenvalue weighted by Gasteiger charge is 2.53. The minimum absolute atomic E-state index is 0.000218. The summed E-state index contributed by atoms with van der Waals surface area (Å²) in [5.41, 5.74) is 4.03. The van der Waals surface area contributed by atoms with Crippen molar-refractivity contribution in [1.29, 1.82) is 0 Å². The summed E-state index contributed by atoms with van der Waals surface area (Å²) in [6.07, 6.45) is -9.01. The smallest absolute Gasteiger partial charge is 0.456 e. The van der Waals surface area contributed by atoms with Gasteiger partial charge < -0.3 is 37.9 Å². The highest BCUT2D eigenvalue weighted by atomic mass is 32.2. The van der Waals surface area contributed by atoms with E-state index in [4.69, 9.17) is 9.47 Å². The number of carbonyl (C=O) groups excluding carboxylic acids is 5. The zero-order valence-electron chi connectivity index (χ0n) is 60.8. The molecule has 20 nitrogen and oxygen atoms in total. The van der Waals surface area contributed by atoms with Gasteiger partial charge in [0.05, 0.1) is 65.3 Å². The van der Waals surface area contributed by atoms with Crippen molar-refractivity contribution in [3.05, 3.63) is 159 Å². The van der Waals surface area contributed by atoms with Gasteiger partial charge in [0.25, 0.3) is 23.5 Å². The van der Waals surface area contributed by atoms with Crippen LogP contribution in [0.25, 0.3) is 0 Å². The summed E-state index contributed by atoms with van der Waals surface area (Å²) < 4.78 is 160. The molecule has 1 aliphatic carbocycles. The fraction of sp³-hybridized carbons (Fsp3) is 0.547. The summed E-state index contributed by atoms with van der Waals surface area (Å²) in [6.45, 7) is 16.2. The van der Waals surface area contributed by atoms with Gasteiger partial charge in [-0.25, -0.2) is 18.1 Å². The standard InChI is InChI=1S/C26H29F6N3O3.C25H32N4O3.C24H31F3N4O3S/c1-17-15-35-20(22(36)26(30,31)32)7-8-21(35)24(33(17)2)9-12-34(13-10-24)23(37)19-5-3-18(4-6-19)16-38-14-11-25(27,28)29;1-17-20(32-4)7-5-18(26-17)23(31)28-13-11-25(12-14-28)21-8-6-19(22(30)24(2)9-10-24)29(21)16-15-27(25)3;1-16(2)28-35(33,34)19-6-5-18(15-17(19)3)22(32)30-11-9-23(10-12-30)20-7-8-21(24(25,26)27)31(20)14-13-29(23)4/h3-8,17H,9-16H2,1-2H3;5-8H,9-16H2,1-4H3;5-8,15-16,28H,9-14H2,1-4H3/t17-;;/m0../s1. The largest absolute Gasteiger partial charge is 0.495 e. The Morgan fingerprint density at radius 3 is 1.62 bits per heavy atom. The summed E-state index contributed by atoms with van der Waals surface area (Å²) in [5, 5.41) is 0. The van der Waals surface area contributed by atoms with E-state index in [0.717, 1.165) is 56.2 Å². The van der Waals surface area contributed by atoms with Crippen molar-refractivity contribution in [3.8, 4) is 5.75 Å². The number of likely N-dealkylation sites (N-methyl/N-ethyl adjacent to an activating group) is 3. The van der Waals surface area contributed by atoms with Gasteiger partial charge >= 0.3 is 18.5 Å². The molecule has 4 aromatic heterocycles. The van der Waals surface area contributed by atoms with Crippen LogP contribution in [-0.2, 0) is 63.8 Å². The monoisotopic (exact) mass is 1490 g/mol. The lowest BCUT2D eigenvalue weighted by molar-refractivity contribution is -0.146. The van der Waals surface area contributed by atoms with E-state index in [0.29, 0.717) is 117 Å². The Labute approximate surface area is 605 Å². The first-order valence-corrected chi connectivity index (χ1v) is 37.0. The fourth-order valence-electron chi connectivity index (χ4n) is 16.2. The van der Waals surface area contributed by atoms with Crippen LogP contribution in [0.3, 0.4) is 0 Å². The third-order valence-electron chi connectivity index (χ3n) is 22.7. The number of carbonyl (C=O) groups is 5. The summed E-state index contributed by atoms with van der Waals surface area (Å²) in [6, 6.07) is 23.9. The highest BCUT2D eigenvalue weighted by Crippen LogP contribution is 2.50. The van der Waals surface area contributed by atoms with Crippen molar-refractivity contribution in [2.75, 3.05) is 87.2 Å². The number of alkyl halides is 9. The number of hydrogen-bond acceptors (Lipinski definition) is 13. The number of pyridine rings is 1. The number of nitrogens with zero attached hydrogens (tertiary/aromatic N) is 10. The predicted molar refractivity (Wildman–Crippen MR) is 372 cm³/mol. The molecule has 1 N–H and O–H groups in total. The molecule has 3 amide bonds. The van der Waals surface area contributed by atoms with Gasteiger partial charge in [0, 0.05) is 118 Å². The number of benzene rings is 2. The molecule has 6 aromatic rings. The summed E-state index contributed by atoms with van der Waals surface area (Å²) in [5.74, 6) is -1.34. The van der Waals surface area contributed by atoms with Gasteiger partial charge in [-0.1, -0.05) is 19.1 Å². The van der Waals surface area contributed by atoms with Crippen LogP contribution in [0.2, 0.25) is 0 Å². The summed E-state index contributed by atoms with van der Waals surface area (Å²) in [7, 11) is 3.94. The van der Waals surface area contributed by atoms with Gasteiger partial charge in [0.1, 0.15) is 17.1 Å². The van der Waals surface area contributed by atoms with Crippen LogP contribution in [0.5, 0.6) is 5.75 Å². The number of likely N-dealkylation sites (tertiary alicyclic amines) is 3. The number of Topliss-reactive ketones (excluding diaryl/α,β-unsaturated/α-hetero) is 2. The first-order valence-electron chi connectivity index (χ1n) is 35.5. The molecule has 10 heterocycles. The molecule has 1 saturated carbocycles. The number of fused-ring (bicyclic) bond motifs is 6. The highest BCUT2D eigenvalue weighted by molar-refractivity contribution is 7.89. The van der Waals surface area contributed by atoms with E-state index >= 15 is 0 Å². The number of halogens is 9. The second kappa shape index (κ2) is 29.7. The third-order valence-corrected chi connectivity index (χ3v) is 24.5. The van der Waals surface area contributed by atoms with Gasteiger partial charge in [0.15, 0.2) is 5.78 Å². The molecular formula is C75H92F9N11O9S. The second-order valence-corrected chi connectivity index (χ2v) is 31.3. The van der Waals surface area contributed by atoms with Gasteiger partial charge in [-0.05, 0) is 197 Å². The van der Waals surface area contributed by atoms with Crippen molar-refractivity contribution in [2.45, 2.75) is 178 Å². The average molecular weight is 1490 g/mol. The molecule has 4 fully saturated rings. The first kappa shape index (κ1) is 78.2. The Balaban J connectivity index is 0.000000158. The first-order chi connectivity index (χ1) is 49.3. The molecule has 570 valence electrons. The number of aromatic nitrogens is 4. The Morgan fingerprint density at radius 2 is 1.10 bits per heavy atom. The van der Waals surface area contributed by atoms with E-state index in [1.807, 2.05) is 45.0 Å². The topological polar surface area (TPSA) is 197 Å². The van der Waals surface area contributed by atoms with Crippen molar-refractivity contribution in [3.63, 3.8) is 0 Å². The van der Waals surface area contributed by atoms with Crippen molar-refractivity contribution >= 4 is 39.3 Å². The Hall–Kier alpha value is -7.90. The van der Waals surface area contributed by atoms with Gasteiger partial charge in [-0.15, -0.1) is 0 Å². The molecule has 13 rings (SSSR count). The van der Waals surface area contributed by atoms with Crippen LogP contribution in [0.4, 0.5) is 39.5 Å². The molecule has 7 aliphatic rings. The maximum Gasteiger partial charge on any atom is 0.456 e. The van der Waals surface area contributed by atoms with Crippen LogP contribution in [-0.4, -0.2) is 197 Å². The number of piperidine rings is 3. The lowest BCUT2D eigenvalue weighted by Gasteiger charge is -2.53. The zero-order chi connectivity index (χ0) is 76.3. The Morgan fingerprint density at radius 1 is 0.600 bits per heavy atom. The molecule has 0 unspecified atom stereocenters. The predicted octanol–water partition coefficient (Wildman–Crippen LogP) is 12.0. The van der Waals surface area contributed by atoms with E-state index in [9.17, 15) is 71.9 Å². The van der Waals surface area contributed by atoms with Gasteiger partial charge in [0.2, 0.25) is 10.0 Å². The Bertz CT molecular complexity index is 4340. The number of aryl methyl sites for hydroxylation is 2. The van der Waals surface area contributed by atoms with Crippen molar-refractivity contribution < 1.29 is 81.4 Å². The molecular weight excluding hydrogens is 1400 g/mol. The molecule has 0 radical (unpaired) electrons. The number of sulfonamides is 1. The fourth-order valence-corrected chi connectivity index (χ4v) is 17.7. The molecule has 1 atom stereocenters. The van der Waals surface area contributed by atoms with Crippen molar-refractivity contribution in [1.82, 2.24) is 52.8 Å². The number of methoxy groups -OCH3 is 1. The number of ether oxygens (including phenoxy) is 2. The van der Waals surface area contributed by atoms with Crippen LogP contribution in [0.15, 0.2) is 95.9 Å². The molecule has 30 heteroatoms. The van der Waals surface area contributed by atoms with E-state index in [2.05, 4.69) is 49.0 Å². The van der Waals surface area contributed by atoms with Crippen LogP contribution in [0.1, 0.15) is 177 Å². The minimum Gasteiger partial charge on any atom is -0.495 e. The molecule has 0 bridgehead atoms. The lowest BCUT2D eigenvalue weighted by Crippen LogP contribution is -2.59. The van der Waals surface area contributed by atoms with Crippen LogP contribution >= 0.6 is 0 Å². The zero-order valence-corrected chi connectivity index (χ0v) is 61.6. The Kier molecular flexibility index (Phi) is 22.1. The second-order valence-electron chi connectivity index (χ2n) is 29.6. The summed E-state index contributed by atoms with van der Waals surface area (Å²) in [4.78, 5) is 81.1. The molecule has 3 saturated heterocycles. The van der Waals surface area contributed by atoms with E-state index in [-0.39, 0.29) is 76.8 Å². The molecule has 105 heavy (non-hydrogen) atoms. The van der Waals surface area contributed by atoms with Gasteiger partial charge in [-0.3, -0.25) is 38.7 Å². The normalized spacial score (nSPS) is 20.0. The van der Waals surface area contributed by atoms with Crippen molar-refractivity contribution in [2.24, 2.45) is 5.41 Å². The van der Waals surface area contributed by atoms with Crippen LogP contribution in [0, 0.1) is 19.3 Å². The quantitative estimate of drug-likeness (QED) is 0.0615. The number of nitrogens with one attached hydrogen (secondary N) is 1. The van der Waals surface area contributed by atoms with E-state index < -0.39 is 64.1 Å². The number of rotatable bonds is 14. The maximum atomic E-state index is 13.5. The number of amides is 3. The minimum atomic E-state index is -4.96. The maximum absolute atomic E-state index is 13.5. The molecule has 3 spiro atoms. The summed E-state index contributed by atoms with van der Waals surface area (Å²) >= 11 is 0. The van der Waals surface area contributed by atoms with E-state index in [1.165, 1.54) is 33.0 Å². The number of ketones is 2. The third kappa shape index (κ3) is 15.7. The van der Waals surface area contributed by atoms with Crippen LogP contribution < -0.4 is 9.46 Å². The lowest BCUT2D eigenvalue weighted by atomic mass is 9.80.